The lowest BCUT2D eigenvalue weighted by molar-refractivity contribution is -0.121. The number of ether oxygens (including phenoxy) is 2. The summed E-state index contributed by atoms with van der Waals surface area (Å²) in [6.07, 6.45) is 4.35. The molecular formula is C16H20N4O3. The van der Waals surface area contributed by atoms with E-state index in [-0.39, 0.29) is 11.8 Å². The highest BCUT2D eigenvalue weighted by molar-refractivity contribution is 5.75. The molecule has 1 atom stereocenters. The van der Waals surface area contributed by atoms with Gasteiger partial charge in [-0.3, -0.25) is 9.48 Å². The minimum atomic E-state index is 0.0148. The van der Waals surface area contributed by atoms with Crippen LogP contribution in [-0.4, -0.2) is 40.9 Å². The molecule has 7 heteroatoms. The lowest BCUT2D eigenvalue weighted by Crippen LogP contribution is -2.35. The molecule has 2 heterocycles. The molecule has 23 heavy (non-hydrogen) atoms. The third kappa shape index (κ3) is 4.00. The minimum Gasteiger partial charge on any atom is -0.497 e. The molecule has 0 saturated carbocycles. The van der Waals surface area contributed by atoms with Gasteiger partial charge >= 0.3 is 0 Å². The van der Waals surface area contributed by atoms with Crippen molar-refractivity contribution >= 4 is 5.91 Å². The molecule has 2 aromatic rings. The number of aromatic nitrogens is 3. The Morgan fingerprint density at radius 1 is 1.52 bits per heavy atom. The lowest BCUT2D eigenvalue weighted by Gasteiger charge is -2.25. The van der Waals surface area contributed by atoms with Crippen LogP contribution in [0.3, 0.4) is 0 Å². The number of hydrogen-bond donors (Lipinski definition) is 1. The highest BCUT2D eigenvalue weighted by Gasteiger charge is 2.20. The monoisotopic (exact) mass is 316 g/mol. The van der Waals surface area contributed by atoms with Crippen molar-refractivity contribution in [1.29, 1.82) is 0 Å². The third-order valence-electron chi connectivity index (χ3n) is 3.88. The van der Waals surface area contributed by atoms with Gasteiger partial charge in [-0.1, -0.05) is 6.07 Å². The molecule has 0 fully saturated rings. The van der Waals surface area contributed by atoms with Gasteiger partial charge in [-0.25, -0.2) is 4.98 Å². The molecule has 1 aliphatic rings. The van der Waals surface area contributed by atoms with Crippen molar-refractivity contribution in [2.24, 2.45) is 5.92 Å². The maximum atomic E-state index is 11.9. The van der Waals surface area contributed by atoms with Gasteiger partial charge in [0.1, 0.15) is 24.2 Å². The van der Waals surface area contributed by atoms with Crippen molar-refractivity contribution in [3.05, 3.63) is 36.4 Å². The Morgan fingerprint density at radius 2 is 2.43 bits per heavy atom. The highest BCUT2D eigenvalue weighted by Crippen LogP contribution is 2.30. The van der Waals surface area contributed by atoms with E-state index in [0.717, 1.165) is 23.5 Å². The molecule has 1 aromatic heterocycles. The van der Waals surface area contributed by atoms with Gasteiger partial charge in [0.15, 0.2) is 0 Å². The first-order chi connectivity index (χ1) is 11.2. The average Bonchev–Trinajstić information content (AvgIpc) is 3.11. The van der Waals surface area contributed by atoms with Crippen molar-refractivity contribution in [3.63, 3.8) is 0 Å². The zero-order valence-electron chi connectivity index (χ0n) is 13.1. The number of rotatable bonds is 6. The van der Waals surface area contributed by atoms with Crippen LogP contribution in [0.4, 0.5) is 0 Å². The lowest BCUT2D eigenvalue weighted by atomic mass is 9.96. The van der Waals surface area contributed by atoms with Crippen molar-refractivity contribution < 1.29 is 14.3 Å². The summed E-state index contributed by atoms with van der Waals surface area (Å²) in [5, 5.41) is 6.94. The number of aryl methyl sites for hydroxylation is 1. The molecule has 1 N–H and O–H groups in total. The van der Waals surface area contributed by atoms with Gasteiger partial charge in [-0.2, -0.15) is 5.10 Å². The van der Waals surface area contributed by atoms with E-state index < -0.39 is 0 Å². The van der Waals surface area contributed by atoms with E-state index in [1.165, 1.54) is 6.33 Å². The number of methoxy groups -OCH3 is 1. The molecular weight excluding hydrogens is 296 g/mol. The van der Waals surface area contributed by atoms with Crippen LogP contribution in [0.1, 0.15) is 12.0 Å². The van der Waals surface area contributed by atoms with Crippen LogP contribution in [0.15, 0.2) is 30.9 Å². The van der Waals surface area contributed by atoms with Gasteiger partial charge in [0.25, 0.3) is 0 Å². The second-order valence-electron chi connectivity index (χ2n) is 5.57. The van der Waals surface area contributed by atoms with E-state index in [9.17, 15) is 4.79 Å². The molecule has 0 bridgehead atoms. The van der Waals surface area contributed by atoms with Gasteiger partial charge < -0.3 is 14.8 Å². The fourth-order valence-corrected chi connectivity index (χ4v) is 2.58. The van der Waals surface area contributed by atoms with Crippen LogP contribution < -0.4 is 14.8 Å². The zero-order valence-corrected chi connectivity index (χ0v) is 13.1. The fraction of sp³-hybridized carbons (Fsp3) is 0.438. The molecule has 0 radical (unpaired) electrons. The van der Waals surface area contributed by atoms with Gasteiger partial charge in [0.2, 0.25) is 5.91 Å². The van der Waals surface area contributed by atoms with Gasteiger partial charge in [0, 0.05) is 24.9 Å². The smallest absolute Gasteiger partial charge is 0.221 e. The maximum Gasteiger partial charge on any atom is 0.221 e. The summed E-state index contributed by atoms with van der Waals surface area (Å²) >= 11 is 0. The molecule has 1 aromatic carbocycles. The summed E-state index contributed by atoms with van der Waals surface area (Å²) in [5.74, 6) is 1.97. The van der Waals surface area contributed by atoms with Gasteiger partial charge in [-0.15, -0.1) is 0 Å². The SMILES string of the molecule is COc1ccc2c(c1)OCC(CNC(=O)CCn1cncn1)C2. The van der Waals surface area contributed by atoms with E-state index in [2.05, 4.69) is 15.4 Å². The summed E-state index contributed by atoms with van der Waals surface area (Å²) in [6, 6.07) is 5.86. The summed E-state index contributed by atoms with van der Waals surface area (Å²) < 4.78 is 12.6. The predicted molar refractivity (Wildman–Crippen MR) is 83.3 cm³/mol. The third-order valence-corrected chi connectivity index (χ3v) is 3.88. The molecule has 1 unspecified atom stereocenters. The molecule has 1 amide bonds. The minimum absolute atomic E-state index is 0.0148. The van der Waals surface area contributed by atoms with E-state index in [4.69, 9.17) is 9.47 Å². The van der Waals surface area contributed by atoms with Crippen LogP contribution in [-0.2, 0) is 17.8 Å². The molecule has 7 nitrogen and oxygen atoms in total. The van der Waals surface area contributed by atoms with Crippen LogP contribution in [0.25, 0.3) is 0 Å². The Morgan fingerprint density at radius 3 is 3.22 bits per heavy atom. The van der Waals surface area contributed by atoms with Crippen molar-refractivity contribution in [2.75, 3.05) is 20.3 Å². The van der Waals surface area contributed by atoms with E-state index in [1.54, 1.807) is 18.1 Å². The first-order valence-corrected chi connectivity index (χ1v) is 7.63. The van der Waals surface area contributed by atoms with Crippen molar-refractivity contribution in [1.82, 2.24) is 20.1 Å². The number of hydrogen-bond acceptors (Lipinski definition) is 5. The van der Waals surface area contributed by atoms with Gasteiger partial charge in [-0.05, 0) is 18.1 Å². The number of amides is 1. The number of carbonyl (C=O) groups excluding carboxylic acids is 1. The van der Waals surface area contributed by atoms with Crippen LogP contribution in [0.2, 0.25) is 0 Å². The molecule has 0 aliphatic carbocycles. The fourth-order valence-electron chi connectivity index (χ4n) is 2.58. The molecule has 3 rings (SSSR count). The first-order valence-electron chi connectivity index (χ1n) is 7.63. The van der Waals surface area contributed by atoms with E-state index >= 15 is 0 Å². The predicted octanol–water partition coefficient (Wildman–Crippen LogP) is 1.04. The van der Waals surface area contributed by atoms with E-state index in [0.29, 0.717) is 26.1 Å². The zero-order chi connectivity index (χ0) is 16.1. The summed E-state index contributed by atoms with van der Waals surface area (Å²) in [7, 11) is 1.64. The topological polar surface area (TPSA) is 78.3 Å². The molecule has 0 saturated heterocycles. The largest absolute Gasteiger partial charge is 0.497 e. The number of fused-ring (bicyclic) bond motifs is 1. The second-order valence-corrected chi connectivity index (χ2v) is 5.57. The Kier molecular flexibility index (Phi) is 4.75. The Balaban J connectivity index is 1.45. The summed E-state index contributed by atoms with van der Waals surface area (Å²) in [6.45, 7) is 1.75. The van der Waals surface area contributed by atoms with E-state index in [1.807, 2.05) is 18.2 Å². The quantitative estimate of drug-likeness (QED) is 0.861. The normalized spacial score (nSPS) is 16.3. The molecule has 0 spiro atoms. The molecule has 122 valence electrons. The summed E-state index contributed by atoms with van der Waals surface area (Å²) in [4.78, 5) is 15.7. The molecule has 1 aliphatic heterocycles. The van der Waals surface area contributed by atoms with Crippen molar-refractivity contribution in [3.8, 4) is 11.5 Å². The number of nitrogens with zero attached hydrogens (tertiary/aromatic N) is 3. The Bertz CT molecular complexity index is 657. The second kappa shape index (κ2) is 7.13. The Hall–Kier alpha value is -2.57. The van der Waals surface area contributed by atoms with Gasteiger partial charge in [0.05, 0.1) is 20.3 Å². The number of carbonyl (C=O) groups is 1. The average molecular weight is 316 g/mol. The first kappa shape index (κ1) is 15.3. The maximum absolute atomic E-state index is 11.9. The standard InChI is InChI=1S/C16H20N4O3/c1-22-14-3-2-13-6-12(9-23-15(13)7-14)8-18-16(21)4-5-20-11-17-10-19-20/h2-3,7,10-12H,4-6,8-9H2,1H3,(H,18,21). The van der Waals surface area contributed by atoms with Crippen LogP contribution in [0, 0.1) is 5.92 Å². The Labute approximate surface area is 134 Å². The van der Waals surface area contributed by atoms with Crippen LogP contribution >= 0.6 is 0 Å². The van der Waals surface area contributed by atoms with Crippen molar-refractivity contribution in [2.45, 2.75) is 19.4 Å². The number of nitrogens with one attached hydrogen (secondary N) is 1. The number of benzene rings is 1. The highest BCUT2D eigenvalue weighted by atomic mass is 16.5. The van der Waals surface area contributed by atoms with Crippen LogP contribution in [0.5, 0.6) is 11.5 Å². The summed E-state index contributed by atoms with van der Waals surface area (Å²) in [5.41, 5.74) is 1.15.